The van der Waals surface area contributed by atoms with Crippen molar-refractivity contribution in [2.45, 2.75) is 25.0 Å². The number of hydrogen-bond donors (Lipinski definition) is 0. The normalized spacial score (nSPS) is 20.7. The lowest BCUT2D eigenvalue weighted by molar-refractivity contribution is 0.141. The number of hydrazone groups is 1. The SMILES string of the molecule is N#Cc1nccc(OC2CCN(C(=O)N3N=CCC3c3cc(F)cc(F)c3)C2)n1. The average Bonchev–Trinajstić information content (AvgIpc) is 3.36. The molecule has 3 heterocycles. The molecule has 8 nitrogen and oxygen atoms in total. The Morgan fingerprint density at radius 3 is 2.83 bits per heavy atom. The van der Waals surface area contributed by atoms with Gasteiger partial charge in [-0.1, -0.05) is 0 Å². The van der Waals surface area contributed by atoms with Crippen molar-refractivity contribution in [1.82, 2.24) is 19.9 Å². The van der Waals surface area contributed by atoms with E-state index in [1.165, 1.54) is 23.3 Å². The van der Waals surface area contributed by atoms with Crippen LogP contribution in [-0.4, -0.2) is 51.3 Å². The van der Waals surface area contributed by atoms with E-state index in [0.717, 1.165) is 6.07 Å². The summed E-state index contributed by atoms with van der Waals surface area (Å²) < 4.78 is 32.9. The average molecular weight is 398 g/mol. The van der Waals surface area contributed by atoms with Crippen molar-refractivity contribution in [3.05, 3.63) is 53.5 Å². The second kappa shape index (κ2) is 7.79. The van der Waals surface area contributed by atoms with E-state index < -0.39 is 17.7 Å². The Bertz CT molecular complexity index is 988. The van der Waals surface area contributed by atoms with Crippen molar-refractivity contribution in [2.24, 2.45) is 5.10 Å². The number of nitrogens with zero attached hydrogens (tertiary/aromatic N) is 6. The first-order valence-corrected chi connectivity index (χ1v) is 9.00. The predicted molar refractivity (Wildman–Crippen MR) is 96.8 cm³/mol. The van der Waals surface area contributed by atoms with Crippen molar-refractivity contribution in [3.8, 4) is 11.9 Å². The fraction of sp³-hybridized carbons (Fsp3) is 0.316. The van der Waals surface area contributed by atoms with Gasteiger partial charge in [0.05, 0.1) is 12.6 Å². The van der Waals surface area contributed by atoms with Gasteiger partial charge in [-0.25, -0.2) is 23.6 Å². The van der Waals surface area contributed by atoms with Crippen molar-refractivity contribution in [3.63, 3.8) is 0 Å². The van der Waals surface area contributed by atoms with Crippen LogP contribution in [0.3, 0.4) is 0 Å². The summed E-state index contributed by atoms with van der Waals surface area (Å²) >= 11 is 0. The lowest BCUT2D eigenvalue weighted by Crippen LogP contribution is -2.40. The van der Waals surface area contributed by atoms with Crippen LogP contribution in [0.4, 0.5) is 13.6 Å². The van der Waals surface area contributed by atoms with Gasteiger partial charge >= 0.3 is 6.03 Å². The summed E-state index contributed by atoms with van der Waals surface area (Å²) in [6, 6.07) is 5.67. The van der Waals surface area contributed by atoms with Gasteiger partial charge in [-0.3, -0.25) is 0 Å². The maximum atomic E-state index is 13.6. The molecule has 2 amide bonds. The van der Waals surface area contributed by atoms with Crippen molar-refractivity contribution >= 4 is 12.2 Å². The summed E-state index contributed by atoms with van der Waals surface area (Å²) in [6.45, 7) is 0.747. The van der Waals surface area contributed by atoms with E-state index in [0.29, 0.717) is 31.5 Å². The van der Waals surface area contributed by atoms with Gasteiger partial charge in [0.15, 0.2) is 0 Å². The first-order chi connectivity index (χ1) is 14.0. The van der Waals surface area contributed by atoms with E-state index in [-0.39, 0.29) is 23.8 Å². The molecule has 148 valence electrons. The highest BCUT2D eigenvalue weighted by Crippen LogP contribution is 2.31. The number of hydrogen-bond acceptors (Lipinski definition) is 6. The number of carbonyl (C=O) groups is 1. The molecule has 0 bridgehead atoms. The number of benzene rings is 1. The van der Waals surface area contributed by atoms with Crippen molar-refractivity contribution in [1.29, 1.82) is 5.26 Å². The van der Waals surface area contributed by atoms with E-state index in [1.807, 2.05) is 6.07 Å². The monoisotopic (exact) mass is 398 g/mol. The van der Waals surface area contributed by atoms with Crippen LogP contribution in [0.1, 0.15) is 30.3 Å². The fourth-order valence-electron chi connectivity index (χ4n) is 3.42. The molecule has 10 heteroatoms. The van der Waals surface area contributed by atoms with Gasteiger partial charge < -0.3 is 9.64 Å². The van der Waals surface area contributed by atoms with Gasteiger partial charge in [0.1, 0.15) is 23.8 Å². The van der Waals surface area contributed by atoms with E-state index in [2.05, 4.69) is 15.1 Å². The van der Waals surface area contributed by atoms with Crippen LogP contribution in [-0.2, 0) is 0 Å². The smallest absolute Gasteiger partial charge is 0.341 e. The van der Waals surface area contributed by atoms with Gasteiger partial charge in [0.2, 0.25) is 11.7 Å². The number of halogens is 2. The summed E-state index contributed by atoms with van der Waals surface area (Å²) in [7, 11) is 0. The molecule has 1 fully saturated rings. The van der Waals surface area contributed by atoms with Gasteiger partial charge in [0, 0.05) is 43.9 Å². The first-order valence-electron chi connectivity index (χ1n) is 9.00. The molecule has 0 radical (unpaired) electrons. The number of urea groups is 1. The minimum Gasteiger partial charge on any atom is -0.472 e. The van der Waals surface area contributed by atoms with Crippen LogP contribution >= 0.6 is 0 Å². The molecular formula is C19H16F2N6O2. The van der Waals surface area contributed by atoms with Crippen LogP contribution in [0.25, 0.3) is 0 Å². The van der Waals surface area contributed by atoms with Gasteiger partial charge in [-0.15, -0.1) is 0 Å². The molecule has 2 atom stereocenters. The molecule has 1 saturated heterocycles. The maximum absolute atomic E-state index is 13.6. The number of ether oxygens (including phenoxy) is 1. The Labute approximate surface area is 165 Å². The summed E-state index contributed by atoms with van der Waals surface area (Å²) in [6.07, 6.45) is 3.64. The summed E-state index contributed by atoms with van der Waals surface area (Å²) in [5, 5.41) is 14.2. The van der Waals surface area contributed by atoms with E-state index in [9.17, 15) is 13.6 Å². The van der Waals surface area contributed by atoms with Crippen molar-refractivity contribution in [2.75, 3.05) is 13.1 Å². The summed E-state index contributed by atoms with van der Waals surface area (Å²) in [4.78, 5) is 22.2. The minimum atomic E-state index is -0.699. The lowest BCUT2D eigenvalue weighted by Gasteiger charge is -2.27. The summed E-state index contributed by atoms with van der Waals surface area (Å²) in [5.41, 5.74) is 0.352. The Morgan fingerprint density at radius 2 is 2.07 bits per heavy atom. The predicted octanol–water partition coefficient (Wildman–Crippen LogP) is 2.63. The van der Waals surface area contributed by atoms with Crippen LogP contribution in [0.5, 0.6) is 5.88 Å². The van der Waals surface area contributed by atoms with E-state index in [4.69, 9.17) is 10.00 Å². The van der Waals surface area contributed by atoms with Gasteiger partial charge in [-0.2, -0.15) is 15.3 Å². The van der Waals surface area contributed by atoms with E-state index >= 15 is 0 Å². The second-order valence-corrected chi connectivity index (χ2v) is 6.68. The zero-order valence-corrected chi connectivity index (χ0v) is 15.2. The molecule has 2 aromatic rings. The molecule has 29 heavy (non-hydrogen) atoms. The molecule has 4 rings (SSSR count). The Morgan fingerprint density at radius 1 is 1.28 bits per heavy atom. The largest absolute Gasteiger partial charge is 0.472 e. The van der Waals surface area contributed by atoms with Crippen LogP contribution in [0.2, 0.25) is 0 Å². The molecule has 0 saturated carbocycles. The first kappa shape index (κ1) is 18.7. The minimum absolute atomic E-state index is 0.00463. The third kappa shape index (κ3) is 3.99. The fourth-order valence-corrected chi connectivity index (χ4v) is 3.42. The lowest BCUT2D eigenvalue weighted by atomic mass is 10.0. The van der Waals surface area contributed by atoms with Crippen LogP contribution in [0.15, 0.2) is 35.6 Å². The topological polar surface area (TPSA) is 94.7 Å². The van der Waals surface area contributed by atoms with Crippen LogP contribution < -0.4 is 4.74 Å². The molecule has 1 aromatic carbocycles. The number of aromatic nitrogens is 2. The number of nitriles is 1. The molecule has 1 aromatic heterocycles. The summed E-state index contributed by atoms with van der Waals surface area (Å²) in [5.74, 6) is -1.13. The quantitative estimate of drug-likeness (QED) is 0.792. The zero-order chi connectivity index (χ0) is 20.4. The number of likely N-dealkylation sites (tertiary alicyclic amines) is 1. The Kier molecular flexibility index (Phi) is 5.03. The third-order valence-electron chi connectivity index (χ3n) is 4.73. The van der Waals surface area contributed by atoms with Gasteiger partial charge in [0.25, 0.3) is 0 Å². The standard InChI is InChI=1S/C19H16F2N6O2/c20-13-7-12(8-14(21)9-13)16-1-5-24-27(16)19(28)26-6-3-15(11-26)29-18-2-4-23-17(10-22)25-18/h2,4-5,7-9,15-16H,1,3,6,11H2. The zero-order valence-electron chi connectivity index (χ0n) is 15.2. The maximum Gasteiger partial charge on any atom is 0.341 e. The Hall–Kier alpha value is -3.61. The molecule has 2 aliphatic heterocycles. The highest BCUT2D eigenvalue weighted by molar-refractivity contribution is 5.78. The molecular weight excluding hydrogens is 382 g/mol. The van der Waals surface area contributed by atoms with Gasteiger partial charge in [-0.05, 0) is 17.7 Å². The van der Waals surface area contributed by atoms with Crippen molar-refractivity contribution < 1.29 is 18.3 Å². The number of rotatable bonds is 3. The second-order valence-electron chi connectivity index (χ2n) is 6.68. The molecule has 2 aliphatic rings. The molecule has 0 aliphatic carbocycles. The molecule has 0 N–H and O–H groups in total. The highest BCUT2D eigenvalue weighted by atomic mass is 19.1. The molecule has 2 unspecified atom stereocenters. The third-order valence-corrected chi connectivity index (χ3v) is 4.73. The number of amides is 2. The van der Waals surface area contributed by atoms with Crippen LogP contribution in [0, 0.1) is 23.0 Å². The van der Waals surface area contributed by atoms with E-state index in [1.54, 1.807) is 17.2 Å². The number of carbonyl (C=O) groups excluding carboxylic acids is 1. The highest BCUT2D eigenvalue weighted by Gasteiger charge is 2.36. The Balaban J connectivity index is 1.43. The molecule has 0 spiro atoms.